The number of benzene rings is 1. The van der Waals surface area contributed by atoms with Crippen molar-refractivity contribution in [3.8, 4) is 11.4 Å². The van der Waals surface area contributed by atoms with Crippen molar-refractivity contribution in [1.82, 2.24) is 35.4 Å². The lowest BCUT2D eigenvalue weighted by Gasteiger charge is -2.36. The van der Waals surface area contributed by atoms with Gasteiger partial charge in [0.05, 0.1) is 16.8 Å². The Labute approximate surface area is 166 Å². The van der Waals surface area contributed by atoms with E-state index in [4.69, 9.17) is 0 Å². The third kappa shape index (κ3) is 3.31. The van der Waals surface area contributed by atoms with Crippen LogP contribution in [0.25, 0.3) is 11.4 Å². The molecule has 144 valence electrons. The molecule has 3 aromatic rings. The van der Waals surface area contributed by atoms with Crippen LogP contribution in [0.5, 0.6) is 0 Å². The monoisotopic (exact) mass is 395 g/mol. The van der Waals surface area contributed by atoms with Crippen LogP contribution in [0.2, 0.25) is 0 Å². The smallest absolute Gasteiger partial charge is 0.254 e. The molecular weight excluding hydrogens is 374 g/mol. The Morgan fingerprint density at radius 3 is 2.96 bits per heavy atom. The van der Waals surface area contributed by atoms with Gasteiger partial charge in [-0.2, -0.15) is 5.21 Å². The highest BCUT2D eigenvalue weighted by atomic mass is 32.1. The van der Waals surface area contributed by atoms with Gasteiger partial charge in [0.1, 0.15) is 0 Å². The maximum atomic E-state index is 13.5. The molecule has 0 radical (unpaired) electrons. The number of nitrogens with zero attached hydrogens (tertiary/aromatic N) is 6. The minimum absolute atomic E-state index is 0.0607. The summed E-state index contributed by atoms with van der Waals surface area (Å²) in [4.78, 5) is 22.4. The SMILES string of the molecule is O=C(c1ccccc1-c1nn[nH]n1)N1C[C@H]2CC[C@@H]1CN(Cc1cscn1)C2. The molecule has 3 aliphatic rings. The molecule has 3 fully saturated rings. The Bertz CT molecular complexity index is 943. The number of rotatable bonds is 4. The van der Waals surface area contributed by atoms with Gasteiger partial charge in [0.15, 0.2) is 0 Å². The molecule has 2 atom stereocenters. The van der Waals surface area contributed by atoms with Crippen LogP contribution in [-0.2, 0) is 6.54 Å². The lowest BCUT2D eigenvalue weighted by atomic mass is 9.93. The molecule has 5 heterocycles. The molecule has 0 spiro atoms. The number of H-pyrrole nitrogens is 1. The lowest BCUT2D eigenvalue weighted by Crippen LogP contribution is -2.47. The first kappa shape index (κ1) is 17.4. The number of tetrazole rings is 1. The van der Waals surface area contributed by atoms with Crippen molar-refractivity contribution in [1.29, 1.82) is 0 Å². The standard InChI is InChI=1S/C19H21N7OS/c27-19(17-4-2-1-3-16(17)18-21-23-24-22-18)26-8-13-5-6-15(26)10-25(7-13)9-14-11-28-12-20-14/h1-4,11-13,15H,5-10H2,(H,21,22,23,24)/t13-,15+/m0/s1. The predicted octanol–water partition coefficient (Wildman–Crippen LogP) is 2.06. The summed E-state index contributed by atoms with van der Waals surface area (Å²) in [5.74, 6) is 1.01. The molecule has 0 unspecified atom stereocenters. The van der Waals surface area contributed by atoms with E-state index in [9.17, 15) is 4.79 Å². The van der Waals surface area contributed by atoms with Gasteiger partial charge in [-0.15, -0.1) is 21.5 Å². The minimum atomic E-state index is 0.0607. The number of piperidine rings is 1. The Kier molecular flexibility index (Phi) is 4.61. The van der Waals surface area contributed by atoms with E-state index in [0.29, 0.717) is 17.3 Å². The van der Waals surface area contributed by atoms with Gasteiger partial charge in [0, 0.05) is 43.2 Å². The van der Waals surface area contributed by atoms with Crippen LogP contribution in [0.4, 0.5) is 0 Å². The zero-order chi connectivity index (χ0) is 18.9. The van der Waals surface area contributed by atoms with Gasteiger partial charge in [-0.05, 0) is 30.0 Å². The van der Waals surface area contributed by atoms with Gasteiger partial charge >= 0.3 is 0 Å². The van der Waals surface area contributed by atoms with Crippen LogP contribution < -0.4 is 0 Å². The van der Waals surface area contributed by atoms with Crippen molar-refractivity contribution in [3.63, 3.8) is 0 Å². The average Bonchev–Trinajstić information content (AvgIpc) is 3.37. The number of carbonyl (C=O) groups excluding carboxylic acids is 1. The van der Waals surface area contributed by atoms with E-state index in [-0.39, 0.29) is 11.9 Å². The van der Waals surface area contributed by atoms with Crippen LogP contribution in [0.3, 0.4) is 0 Å². The number of hydrogen-bond donors (Lipinski definition) is 1. The molecule has 0 saturated carbocycles. The van der Waals surface area contributed by atoms with Crippen molar-refractivity contribution in [2.75, 3.05) is 19.6 Å². The summed E-state index contributed by atoms with van der Waals surface area (Å²) in [6.45, 7) is 3.57. The molecule has 28 heavy (non-hydrogen) atoms. The third-order valence-electron chi connectivity index (χ3n) is 5.66. The normalized spacial score (nSPS) is 22.4. The Balaban J connectivity index is 1.39. The molecule has 1 aromatic carbocycles. The molecule has 8 nitrogen and oxygen atoms in total. The molecule has 6 rings (SSSR count). The van der Waals surface area contributed by atoms with E-state index in [1.54, 1.807) is 11.3 Å². The second kappa shape index (κ2) is 7.40. The highest BCUT2D eigenvalue weighted by molar-refractivity contribution is 7.07. The number of fused-ring (bicyclic) bond motifs is 4. The topological polar surface area (TPSA) is 90.9 Å². The fourth-order valence-electron chi connectivity index (χ4n) is 4.40. The second-order valence-corrected chi connectivity index (χ2v) is 8.23. The zero-order valence-corrected chi connectivity index (χ0v) is 16.2. The number of amides is 1. The zero-order valence-electron chi connectivity index (χ0n) is 15.4. The molecule has 3 saturated heterocycles. The van der Waals surface area contributed by atoms with E-state index >= 15 is 0 Å². The Morgan fingerprint density at radius 2 is 2.14 bits per heavy atom. The number of hydrogen-bond acceptors (Lipinski definition) is 7. The number of nitrogens with one attached hydrogen (secondary N) is 1. The minimum Gasteiger partial charge on any atom is -0.334 e. The number of aromatic amines is 1. The van der Waals surface area contributed by atoms with Gasteiger partial charge in [-0.3, -0.25) is 9.69 Å². The summed E-state index contributed by atoms with van der Waals surface area (Å²) < 4.78 is 0. The lowest BCUT2D eigenvalue weighted by molar-refractivity contribution is 0.0585. The first-order chi connectivity index (χ1) is 13.8. The predicted molar refractivity (Wildman–Crippen MR) is 105 cm³/mol. The fraction of sp³-hybridized carbons (Fsp3) is 0.421. The maximum Gasteiger partial charge on any atom is 0.254 e. The highest BCUT2D eigenvalue weighted by Gasteiger charge is 2.38. The van der Waals surface area contributed by atoms with Crippen LogP contribution in [0.1, 0.15) is 28.9 Å². The molecule has 2 aromatic heterocycles. The summed E-state index contributed by atoms with van der Waals surface area (Å²) in [6.07, 6.45) is 2.23. The van der Waals surface area contributed by atoms with Gasteiger partial charge in [0.2, 0.25) is 5.82 Å². The third-order valence-corrected chi connectivity index (χ3v) is 6.30. The van der Waals surface area contributed by atoms with E-state index in [2.05, 4.69) is 40.8 Å². The summed E-state index contributed by atoms with van der Waals surface area (Å²) in [6, 6.07) is 7.75. The van der Waals surface area contributed by atoms with Crippen molar-refractivity contribution in [2.45, 2.75) is 25.4 Å². The van der Waals surface area contributed by atoms with Crippen molar-refractivity contribution in [3.05, 3.63) is 46.4 Å². The van der Waals surface area contributed by atoms with Gasteiger partial charge in [-0.25, -0.2) is 4.98 Å². The van der Waals surface area contributed by atoms with Crippen LogP contribution in [0.15, 0.2) is 35.2 Å². The Hall–Kier alpha value is -2.65. The number of aromatic nitrogens is 5. The van der Waals surface area contributed by atoms with Crippen molar-refractivity contribution < 1.29 is 4.79 Å². The summed E-state index contributed by atoms with van der Waals surface area (Å²) >= 11 is 1.63. The first-order valence-corrected chi connectivity index (χ1v) is 10.5. The first-order valence-electron chi connectivity index (χ1n) is 9.51. The van der Waals surface area contributed by atoms with Crippen LogP contribution in [-0.4, -0.2) is 67.0 Å². The Morgan fingerprint density at radius 1 is 1.21 bits per heavy atom. The van der Waals surface area contributed by atoms with E-state index in [1.165, 1.54) is 6.42 Å². The van der Waals surface area contributed by atoms with Crippen molar-refractivity contribution >= 4 is 17.2 Å². The van der Waals surface area contributed by atoms with Gasteiger partial charge < -0.3 is 4.90 Å². The van der Waals surface area contributed by atoms with Gasteiger partial charge in [0.25, 0.3) is 5.91 Å². The van der Waals surface area contributed by atoms with Crippen molar-refractivity contribution in [2.24, 2.45) is 5.92 Å². The molecule has 9 heteroatoms. The summed E-state index contributed by atoms with van der Waals surface area (Å²) in [7, 11) is 0. The summed E-state index contributed by atoms with van der Waals surface area (Å²) in [5.41, 5.74) is 4.36. The highest BCUT2D eigenvalue weighted by Crippen LogP contribution is 2.31. The van der Waals surface area contributed by atoms with E-state index in [1.807, 2.05) is 29.8 Å². The van der Waals surface area contributed by atoms with Crippen LogP contribution >= 0.6 is 11.3 Å². The molecule has 1 N–H and O–H groups in total. The van der Waals surface area contributed by atoms with Gasteiger partial charge in [-0.1, -0.05) is 18.2 Å². The largest absolute Gasteiger partial charge is 0.334 e. The molecule has 0 aliphatic carbocycles. The quantitative estimate of drug-likeness (QED) is 0.727. The fourth-order valence-corrected chi connectivity index (χ4v) is 4.95. The molecule has 2 bridgehead atoms. The number of thiazole rings is 1. The van der Waals surface area contributed by atoms with E-state index in [0.717, 1.165) is 43.9 Å². The maximum absolute atomic E-state index is 13.5. The molecular formula is C19H21N7OS. The average molecular weight is 395 g/mol. The van der Waals surface area contributed by atoms with Crippen LogP contribution in [0, 0.1) is 5.92 Å². The summed E-state index contributed by atoms with van der Waals surface area (Å²) in [5, 5.41) is 16.3. The second-order valence-electron chi connectivity index (χ2n) is 7.51. The molecule has 3 aliphatic heterocycles. The molecule has 1 amide bonds. The number of carbonyl (C=O) groups is 1. The van der Waals surface area contributed by atoms with E-state index < -0.39 is 0 Å².